The number of piperazine rings is 1. The van der Waals surface area contributed by atoms with Crippen LogP contribution in [0, 0.1) is 5.82 Å². The minimum absolute atomic E-state index is 0.283. The Morgan fingerprint density at radius 2 is 2.26 bits per heavy atom. The third kappa shape index (κ3) is 3.64. The Morgan fingerprint density at radius 3 is 2.89 bits per heavy atom. The van der Waals surface area contributed by atoms with Crippen molar-refractivity contribution < 1.29 is 9.13 Å². The van der Waals surface area contributed by atoms with Gasteiger partial charge in [0, 0.05) is 39.3 Å². The monoisotopic (exact) mass is 267 g/mol. The van der Waals surface area contributed by atoms with Crippen molar-refractivity contribution in [3.8, 4) is 0 Å². The number of aromatic nitrogens is 1. The van der Waals surface area contributed by atoms with Crippen LogP contribution in [0.3, 0.4) is 0 Å². The Kier molecular flexibility index (Phi) is 5.10. The van der Waals surface area contributed by atoms with Crippen molar-refractivity contribution in [2.45, 2.75) is 19.4 Å². The Morgan fingerprint density at radius 1 is 1.42 bits per heavy atom. The molecule has 0 amide bonds. The van der Waals surface area contributed by atoms with E-state index in [1.165, 1.54) is 12.3 Å². The van der Waals surface area contributed by atoms with Gasteiger partial charge in [0.1, 0.15) is 11.6 Å². The number of hydrogen-bond acceptors (Lipinski definition) is 4. The molecule has 1 aromatic heterocycles. The molecule has 4 nitrogen and oxygen atoms in total. The molecule has 0 saturated carbocycles. The van der Waals surface area contributed by atoms with Gasteiger partial charge in [0.15, 0.2) is 0 Å². The molecule has 106 valence electrons. The van der Waals surface area contributed by atoms with Crippen LogP contribution < -0.4 is 4.90 Å². The summed E-state index contributed by atoms with van der Waals surface area (Å²) in [5.74, 6) is 0.584. The van der Waals surface area contributed by atoms with Crippen molar-refractivity contribution in [2.24, 2.45) is 0 Å². The summed E-state index contributed by atoms with van der Waals surface area (Å²) in [6.45, 7) is 6.82. The van der Waals surface area contributed by atoms with Gasteiger partial charge in [0.2, 0.25) is 0 Å². The zero-order valence-corrected chi connectivity index (χ0v) is 11.7. The Labute approximate surface area is 114 Å². The first-order valence-electron chi connectivity index (χ1n) is 6.84. The van der Waals surface area contributed by atoms with Crippen molar-refractivity contribution in [3.05, 3.63) is 24.1 Å². The highest BCUT2D eigenvalue weighted by molar-refractivity contribution is 5.38. The largest absolute Gasteiger partial charge is 0.383 e. The van der Waals surface area contributed by atoms with Gasteiger partial charge < -0.3 is 9.64 Å². The standard InChI is InChI=1S/C14H22FN3O/c1-3-13-11-18(7-6-17(13)8-9-19-2)14-5-4-12(15)10-16-14/h4-5,10,13H,3,6-9,11H2,1-2H3/t13-/m0/s1. The van der Waals surface area contributed by atoms with Crippen molar-refractivity contribution in [1.82, 2.24) is 9.88 Å². The van der Waals surface area contributed by atoms with Gasteiger partial charge in [0.05, 0.1) is 12.8 Å². The smallest absolute Gasteiger partial charge is 0.141 e. The highest BCUT2D eigenvalue weighted by Gasteiger charge is 2.25. The van der Waals surface area contributed by atoms with Gasteiger partial charge in [0.25, 0.3) is 0 Å². The van der Waals surface area contributed by atoms with Crippen LogP contribution in [-0.4, -0.2) is 55.8 Å². The molecule has 0 unspecified atom stereocenters. The van der Waals surface area contributed by atoms with Gasteiger partial charge in [-0.25, -0.2) is 9.37 Å². The molecule has 2 rings (SSSR count). The van der Waals surface area contributed by atoms with E-state index >= 15 is 0 Å². The summed E-state index contributed by atoms with van der Waals surface area (Å²) in [6, 6.07) is 3.74. The highest BCUT2D eigenvalue weighted by Crippen LogP contribution is 2.18. The van der Waals surface area contributed by atoms with Crippen LogP contribution in [0.15, 0.2) is 18.3 Å². The number of pyridine rings is 1. The molecule has 19 heavy (non-hydrogen) atoms. The van der Waals surface area contributed by atoms with E-state index in [2.05, 4.69) is 21.7 Å². The van der Waals surface area contributed by atoms with Crippen molar-refractivity contribution in [2.75, 3.05) is 44.8 Å². The summed E-state index contributed by atoms with van der Waals surface area (Å²) in [6.07, 6.45) is 2.38. The van der Waals surface area contributed by atoms with Crippen molar-refractivity contribution in [1.29, 1.82) is 0 Å². The summed E-state index contributed by atoms with van der Waals surface area (Å²) in [5, 5.41) is 0. The van der Waals surface area contributed by atoms with E-state index < -0.39 is 0 Å². The molecule has 1 aromatic rings. The number of nitrogens with zero attached hydrogens (tertiary/aromatic N) is 3. The molecule has 2 heterocycles. The molecule has 0 aromatic carbocycles. The van der Waals surface area contributed by atoms with Crippen LogP contribution in [0.1, 0.15) is 13.3 Å². The molecule has 1 atom stereocenters. The zero-order chi connectivity index (χ0) is 13.7. The highest BCUT2D eigenvalue weighted by atomic mass is 19.1. The first kappa shape index (κ1) is 14.2. The van der Waals surface area contributed by atoms with Gasteiger partial charge in [-0.15, -0.1) is 0 Å². The minimum atomic E-state index is -0.283. The Bertz CT molecular complexity index is 385. The summed E-state index contributed by atoms with van der Waals surface area (Å²) >= 11 is 0. The van der Waals surface area contributed by atoms with Crippen LogP contribution in [-0.2, 0) is 4.74 Å². The lowest BCUT2D eigenvalue weighted by atomic mass is 10.1. The average Bonchev–Trinajstić information content (AvgIpc) is 2.46. The maximum atomic E-state index is 12.9. The molecule has 1 aliphatic rings. The van der Waals surface area contributed by atoms with Crippen molar-refractivity contribution in [3.63, 3.8) is 0 Å². The maximum Gasteiger partial charge on any atom is 0.141 e. The van der Waals surface area contributed by atoms with E-state index in [9.17, 15) is 4.39 Å². The molecule has 0 radical (unpaired) electrons. The second-order valence-corrected chi connectivity index (χ2v) is 4.87. The number of methoxy groups -OCH3 is 1. The number of anilines is 1. The van der Waals surface area contributed by atoms with E-state index in [1.54, 1.807) is 13.2 Å². The summed E-state index contributed by atoms with van der Waals surface area (Å²) in [5.41, 5.74) is 0. The first-order chi connectivity index (χ1) is 9.24. The second kappa shape index (κ2) is 6.82. The summed E-state index contributed by atoms with van der Waals surface area (Å²) < 4.78 is 18.0. The Hall–Kier alpha value is -1.20. The summed E-state index contributed by atoms with van der Waals surface area (Å²) in [7, 11) is 1.74. The zero-order valence-electron chi connectivity index (χ0n) is 11.7. The fraction of sp³-hybridized carbons (Fsp3) is 0.643. The van der Waals surface area contributed by atoms with Gasteiger partial charge in [-0.1, -0.05) is 6.92 Å². The van der Waals surface area contributed by atoms with Gasteiger partial charge in [-0.3, -0.25) is 4.90 Å². The van der Waals surface area contributed by atoms with E-state index in [-0.39, 0.29) is 5.82 Å². The lowest BCUT2D eigenvalue weighted by Crippen LogP contribution is -2.54. The van der Waals surface area contributed by atoms with Crippen molar-refractivity contribution >= 4 is 5.82 Å². The molecule has 1 aliphatic heterocycles. The van der Waals surface area contributed by atoms with E-state index in [4.69, 9.17) is 4.74 Å². The number of halogens is 1. The third-order valence-electron chi connectivity index (χ3n) is 3.69. The van der Waals surface area contributed by atoms with E-state index in [0.717, 1.165) is 45.0 Å². The molecule has 1 saturated heterocycles. The number of ether oxygens (including phenoxy) is 1. The molecule has 0 spiro atoms. The minimum Gasteiger partial charge on any atom is -0.383 e. The molecule has 0 aliphatic carbocycles. The molecule has 0 N–H and O–H groups in total. The van der Waals surface area contributed by atoms with Gasteiger partial charge in [-0.2, -0.15) is 0 Å². The molecule has 0 bridgehead atoms. The number of rotatable bonds is 5. The topological polar surface area (TPSA) is 28.6 Å². The lowest BCUT2D eigenvalue weighted by Gasteiger charge is -2.41. The number of hydrogen-bond donors (Lipinski definition) is 0. The lowest BCUT2D eigenvalue weighted by molar-refractivity contribution is 0.109. The van der Waals surface area contributed by atoms with Crippen LogP contribution in [0.4, 0.5) is 10.2 Å². The predicted octanol–water partition coefficient (Wildman–Crippen LogP) is 1.77. The van der Waals surface area contributed by atoms with Crippen LogP contribution >= 0.6 is 0 Å². The van der Waals surface area contributed by atoms with E-state index in [0.29, 0.717) is 6.04 Å². The van der Waals surface area contributed by atoms with Crippen LogP contribution in [0.5, 0.6) is 0 Å². The van der Waals surface area contributed by atoms with Gasteiger partial charge >= 0.3 is 0 Å². The normalized spacial score (nSPS) is 20.8. The molecule has 1 fully saturated rings. The Balaban J connectivity index is 1.98. The third-order valence-corrected chi connectivity index (χ3v) is 3.69. The predicted molar refractivity (Wildman–Crippen MR) is 73.9 cm³/mol. The SMILES string of the molecule is CC[C@H]1CN(c2ccc(F)cn2)CCN1CCOC. The maximum absolute atomic E-state index is 12.9. The quantitative estimate of drug-likeness (QED) is 0.813. The molecular weight excluding hydrogens is 245 g/mol. The van der Waals surface area contributed by atoms with Crippen LogP contribution in [0.25, 0.3) is 0 Å². The van der Waals surface area contributed by atoms with Crippen LogP contribution in [0.2, 0.25) is 0 Å². The second-order valence-electron chi connectivity index (χ2n) is 4.87. The van der Waals surface area contributed by atoms with E-state index in [1.807, 2.05) is 0 Å². The molecular formula is C14H22FN3O. The fourth-order valence-electron chi connectivity index (χ4n) is 2.55. The molecule has 5 heteroatoms. The fourth-order valence-corrected chi connectivity index (χ4v) is 2.55. The summed E-state index contributed by atoms with van der Waals surface area (Å²) in [4.78, 5) is 8.86. The average molecular weight is 267 g/mol. The first-order valence-corrected chi connectivity index (χ1v) is 6.84. The van der Waals surface area contributed by atoms with Gasteiger partial charge in [-0.05, 0) is 18.6 Å².